The number of methoxy groups -OCH3 is 1. The van der Waals surface area contributed by atoms with Crippen molar-refractivity contribution in [3.05, 3.63) is 0 Å². The lowest BCUT2D eigenvalue weighted by Crippen LogP contribution is -2.40. The van der Waals surface area contributed by atoms with Gasteiger partial charge in [-0.2, -0.15) is 0 Å². The summed E-state index contributed by atoms with van der Waals surface area (Å²) in [7, 11) is 1.26. The Hall–Kier alpha value is -1.17. The summed E-state index contributed by atoms with van der Waals surface area (Å²) in [5, 5.41) is 2.42. The van der Waals surface area contributed by atoms with Crippen LogP contribution in [-0.2, 0) is 14.3 Å². The number of carbonyl (C=O) groups is 2. The predicted octanol–water partition coefficient (Wildman–Crippen LogP) is -0.0220. The van der Waals surface area contributed by atoms with Crippen LogP contribution in [0.3, 0.4) is 0 Å². The first-order valence-electron chi connectivity index (χ1n) is 4.66. The molecule has 0 aliphatic carbocycles. The highest BCUT2D eigenvalue weighted by Gasteiger charge is 2.20. The third-order valence-electron chi connectivity index (χ3n) is 1.87. The van der Waals surface area contributed by atoms with Crippen molar-refractivity contribution in [3.63, 3.8) is 0 Å². The Morgan fingerprint density at radius 3 is 2.53 bits per heavy atom. The zero-order chi connectivity index (χ0) is 11.8. The Labute approximate surface area is 94.3 Å². The van der Waals surface area contributed by atoms with E-state index >= 15 is 0 Å². The van der Waals surface area contributed by atoms with Crippen molar-refractivity contribution >= 4 is 29.1 Å². The summed E-state index contributed by atoms with van der Waals surface area (Å²) >= 11 is 4.77. The molecule has 5 nitrogen and oxygen atoms in total. The first-order chi connectivity index (χ1) is 7.02. The summed E-state index contributed by atoms with van der Waals surface area (Å²) in [6, 6.07) is 0. The van der Waals surface area contributed by atoms with Crippen molar-refractivity contribution < 1.29 is 14.3 Å². The minimum atomic E-state index is -0.505. The number of nitrogens with one attached hydrogen (secondary N) is 1. The van der Waals surface area contributed by atoms with Gasteiger partial charge in [0.2, 0.25) is 5.91 Å². The molecule has 0 spiro atoms. The number of thiocarbonyl (C=S) groups is 1. The van der Waals surface area contributed by atoms with Gasteiger partial charge in [-0.05, 0) is 6.42 Å². The molecule has 0 fully saturated rings. The van der Waals surface area contributed by atoms with Gasteiger partial charge in [0.1, 0.15) is 6.54 Å². The first-order valence-corrected chi connectivity index (χ1v) is 5.07. The molecule has 1 unspecified atom stereocenters. The molecule has 1 amide bonds. The number of amides is 1. The van der Waals surface area contributed by atoms with Crippen molar-refractivity contribution in [2.75, 3.05) is 13.7 Å². The fraction of sp³-hybridized carbons (Fsp3) is 0.667. The van der Waals surface area contributed by atoms with Crippen molar-refractivity contribution in [3.8, 4) is 0 Å². The predicted molar refractivity (Wildman–Crippen MR) is 60.2 cm³/mol. The molecule has 6 heteroatoms. The second kappa shape index (κ2) is 7.17. The van der Waals surface area contributed by atoms with E-state index < -0.39 is 11.9 Å². The van der Waals surface area contributed by atoms with E-state index in [-0.39, 0.29) is 17.4 Å². The molecule has 0 aromatic rings. The number of esters is 1. The van der Waals surface area contributed by atoms with Crippen LogP contribution in [0, 0.1) is 5.92 Å². The van der Waals surface area contributed by atoms with Gasteiger partial charge in [0.25, 0.3) is 0 Å². The fourth-order valence-corrected chi connectivity index (χ4v) is 1.27. The lowest BCUT2D eigenvalue weighted by atomic mass is 10.0. The second-order valence-electron chi connectivity index (χ2n) is 3.04. The van der Waals surface area contributed by atoms with E-state index in [0.717, 1.165) is 6.42 Å². The van der Waals surface area contributed by atoms with E-state index in [1.165, 1.54) is 7.11 Å². The van der Waals surface area contributed by atoms with Gasteiger partial charge in [-0.25, -0.2) is 0 Å². The van der Waals surface area contributed by atoms with Gasteiger partial charge in [-0.3, -0.25) is 9.59 Å². The maximum absolute atomic E-state index is 11.5. The summed E-state index contributed by atoms with van der Waals surface area (Å²) in [4.78, 5) is 22.4. The van der Waals surface area contributed by atoms with E-state index in [4.69, 9.17) is 18.0 Å². The third-order valence-corrected chi connectivity index (χ3v) is 2.16. The third kappa shape index (κ3) is 5.31. The summed E-state index contributed by atoms with van der Waals surface area (Å²) in [5.74, 6) is -1.33. The monoisotopic (exact) mass is 232 g/mol. The number of hydrogen-bond acceptors (Lipinski definition) is 4. The molecule has 1 atom stereocenters. The van der Waals surface area contributed by atoms with E-state index in [0.29, 0.717) is 6.42 Å². The Morgan fingerprint density at radius 2 is 2.13 bits per heavy atom. The SMILES string of the molecule is CCCC(C(=O)NCC(=O)OC)C(N)=S. The highest BCUT2D eigenvalue weighted by Crippen LogP contribution is 2.06. The molecule has 0 bridgehead atoms. The summed E-state index contributed by atoms with van der Waals surface area (Å²) in [5.41, 5.74) is 5.42. The van der Waals surface area contributed by atoms with Gasteiger partial charge in [0.05, 0.1) is 18.0 Å². The second-order valence-corrected chi connectivity index (χ2v) is 3.51. The molecule has 0 saturated heterocycles. The summed E-state index contributed by atoms with van der Waals surface area (Å²) in [6.45, 7) is 1.77. The standard InChI is InChI=1S/C9H16N2O3S/c1-3-4-6(8(10)15)9(13)11-5-7(12)14-2/h6H,3-5H2,1-2H3,(H2,10,15)(H,11,13). The van der Waals surface area contributed by atoms with Gasteiger partial charge >= 0.3 is 5.97 Å². The molecule has 15 heavy (non-hydrogen) atoms. The number of carbonyl (C=O) groups excluding carboxylic acids is 2. The van der Waals surface area contributed by atoms with Gasteiger partial charge in [-0.15, -0.1) is 0 Å². The normalized spacial score (nSPS) is 11.6. The van der Waals surface area contributed by atoms with Gasteiger partial charge in [0, 0.05) is 0 Å². The topological polar surface area (TPSA) is 81.4 Å². The average molecular weight is 232 g/mol. The van der Waals surface area contributed by atoms with Crippen LogP contribution in [-0.4, -0.2) is 30.5 Å². The van der Waals surface area contributed by atoms with E-state index in [1.807, 2.05) is 6.92 Å². The Morgan fingerprint density at radius 1 is 1.53 bits per heavy atom. The van der Waals surface area contributed by atoms with Crippen LogP contribution in [0.15, 0.2) is 0 Å². The molecule has 3 N–H and O–H groups in total. The molecule has 86 valence electrons. The van der Waals surface area contributed by atoms with Gasteiger partial charge in [0.15, 0.2) is 0 Å². The molecular formula is C9H16N2O3S. The van der Waals surface area contributed by atoms with Crippen LogP contribution in [0.2, 0.25) is 0 Å². The van der Waals surface area contributed by atoms with E-state index in [1.54, 1.807) is 0 Å². The number of ether oxygens (including phenoxy) is 1. The Balaban J connectivity index is 4.14. The minimum Gasteiger partial charge on any atom is -0.468 e. The largest absolute Gasteiger partial charge is 0.468 e. The lowest BCUT2D eigenvalue weighted by Gasteiger charge is -2.13. The van der Waals surface area contributed by atoms with E-state index in [9.17, 15) is 9.59 Å². The van der Waals surface area contributed by atoms with Crippen LogP contribution in [0.4, 0.5) is 0 Å². The highest BCUT2D eigenvalue weighted by molar-refractivity contribution is 7.80. The van der Waals surface area contributed by atoms with Crippen LogP contribution in [0.25, 0.3) is 0 Å². The minimum absolute atomic E-state index is 0.152. The highest BCUT2D eigenvalue weighted by atomic mass is 32.1. The maximum atomic E-state index is 11.5. The Kier molecular flexibility index (Phi) is 6.61. The zero-order valence-corrected chi connectivity index (χ0v) is 9.73. The average Bonchev–Trinajstić information content (AvgIpc) is 2.21. The first kappa shape index (κ1) is 13.8. The molecule has 0 aliphatic rings. The lowest BCUT2D eigenvalue weighted by molar-refractivity contribution is -0.141. The zero-order valence-electron chi connectivity index (χ0n) is 8.91. The van der Waals surface area contributed by atoms with Gasteiger partial charge < -0.3 is 15.8 Å². The van der Waals surface area contributed by atoms with Crippen molar-refractivity contribution in [1.82, 2.24) is 5.32 Å². The molecule has 0 rings (SSSR count). The summed E-state index contributed by atoms with van der Waals surface area (Å²) < 4.78 is 4.38. The van der Waals surface area contributed by atoms with E-state index in [2.05, 4.69) is 10.1 Å². The molecule has 0 heterocycles. The maximum Gasteiger partial charge on any atom is 0.325 e. The van der Waals surface area contributed by atoms with Crippen molar-refractivity contribution in [2.45, 2.75) is 19.8 Å². The summed E-state index contributed by atoms with van der Waals surface area (Å²) in [6.07, 6.45) is 1.38. The van der Waals surface area contributed by atoms with Crippen LogP contribution < -0.4 is 11.1 Å². The number of hydrogen-bond donors (Lipinski definition) is 2. The number of rotatable bonds is 6. The molecule has 0 radical (unpaired) electrons. The number of nitrogens with two attached hydrogens (primary N) is 1. The molecule has 0 aromatic carbocycles. The van der Waals surface area contributed by atoms with Gasteiger partial charge in [-0.1, -0.05) is 25.6 Å². The smallest absolute Gasteiger partial charge is 0.325 e. The van der Waals surface area contributed by atoms with Crippen LogP contribution in [0.5, 0.6) is 0 Å². The van der Waals surface area contributed by atoms with Crippen molar-refractivity contribution in [2.24, 2.45) is 11.7 Å². The molecular weight excluding hydrogens is 216 g/mol. The van der Waals surface area contributed by atoms with Crippen LogP contribution >= 0.6 is 12.2 Å². The molecule has 0 aliphatic heterocycles. The van der Waals surface area contributed by atoms with Crippen molar-refractivity contribution in [1.29, 1.82) is 0 Å². The Bertz CT molecular complexity index is 256. The molecule has 0 saturated carbocycles. The molecule has 0 aromatic heterocycles. The fourth-order valence-electron chi connectivity index (χ4n) is 1.05. The van der Waals surface area contributed by atoms with Crippen LogP contribution in [0.1, 0.15) is 19.8 Å². The quantitative estimate of drug-likeness (QED) is 0.497.